The predicted molar refractivity (Wildman–Crippen MR) is 75.5 cm³/mol. The highest BCUT2D eigenvalue weighted by molar-refractivity contribution is 5.97. The molecule has 1 aliphatic heterocycles. The fourth-order valence-electron chi connectivity index (χ4n) is 2.06. The molecule has 1 atom stereocenters. The summed E-state index contributed by atoms with van der Waals surface area (Å²) in [5.74, 6) is 1.35. The van der Waals surface area contributed by atoms with Crippen LogP contribution in [0.5, 0.6) is 11.5 Å². The van der Waals surface area contributed by atoms with E-state index in [1.165, 1.54) is 0 Å². The normalized spacial score (nSPS) is 15.5. The number of ether oxygens (including phenoxy) is 3. The Kier molecular flexibility index (Phi) is 5.38. The van der Waals surface area contributed by atoms with Crippen LogP contribution in [-0.4, -0.2) is 38.8 Å². The molecule has 1 aliphatic rings. The Balaban J connectivity index is 2.01. The van der Waals surface area contributed by atoms with Gasteiger partial charge in [-0.05, 0) is 24.6 Å². The summed E-state index contributed by atoms with van der Waals surface area (Å²) in [6, 6.07) is 5.11. The highest BCUT2D eigenvalue weighted by Gasteiger charge is 2.16. The summed E-state index contributed by atoms with van der Waals surface area (Å²) in [5, 5.41) is 0. The van der Waals surface area contributed by atoms with E-state index in [2.05, 4.69) is 0 Å². The van der Waals surface area contributed by atoms with Gasteiger partial charge in [0.25, 0.3) is 0 Å². The first kappa shape index (κ1) is 14.8. The number of fused-ring (bicyclic) bond motifs is 1. The van der Waals surface area contributed by atoms with Gasteiger partial charge in [0.1, 0.15) is 0 Å². The second-order valence-electron chi connectivity index (χ2n) is 4.88. The molecule has 0 fully saturated rings. The minimum Gasteiger partial charge on any atom is -0.490 e. The van der Waals surface area contributed by atoms with Gasteiger partial charge in [0.15, 0.2) is 17.3 Å². The number of hydrogen-bond donors (Lipinski definition) is 1. The van der Waals surface area contributed by atoms with Crippen LogP contribution in [0.2, 0.25) is 0 Å². The lowest BCUT2D eigenvalue weighted by Crippen LogP contribution is -2.25. The van der Waals surface area contributed by atoms with E-state index >= 15 is 0 Å². The van der Waals surface area contributed by atoms with E-state index in [1.54, 1.807) is 25.3 Å². The minimum atomic E-state index is -0.182. The van der Waals surface area contributed by atoms with Crippen molar-refractivity contribution >= 4 is 5.78 Å². The number of hydrogen-bond acceptors (Lipinski definition) is 5. The summed E-state index contributed by atoms with van der Waals surface area (Å²) in [4.78, 5) is 12.2. The molecule has 1 heterocycles. The average molecular weight is 279 g/mol. The lowest BCUT2D eigenvalue weighted by Gasteiger charge is -2.12. The van der Waals surface area contributed by atoms with Crippen molar-refractivity contribution < 1.29 is 19.0 Å². The van der Waals surface area contributed by atoms with Crippen molar-refractivity contribution in [2.75, 3.05) is 26.9 Å². The van der Waals surface area contributed by atoms with Crippen LogP contribution < -0.4 is 15.2 Å². The third-order valence-electron chi connectivity index (χ3n) is 3.21. The molecule has 0 saturated carbocycles. The van der Waals surface area contributed by atoms with Gasteiger partial charge in [-0.2, -0.15) is 0 Å². The van der Waals surface area contributed by atoms with Crippen LogP contribution in [0, 0.1) is 0 Å². The monoisotopic (exact) mass is 279 g/mol. The molecule has 2 N–H and O–H groups in total. The summed E-state index contributed by atoms with van der Waals surface area (Å²) in [5.41, 5.74) is 6.52. The van der Waals surface area contributed by atoms with Crippen LogP contribution in [0.1, 0.15) is 29.6 Å². The molecular weight excluding hydrogens is 258 g/mol. The molecule has 5 heteroatoms. The van der Waals surface area contributed by atoms with Crippen LogP contribution in [-0.2, 0) is 4.74 Å². The molecule has 0 aromatic heterocycles. The molecule has 5 nitrogen and oxygen atoms in total. The Morgan fingerprint density at radius 1 is 1.35 bits per heavy atom. The van der Waals surface area contributed by atoms with Crippen molar-refractivity contribution in [2.45, 2.75) is 25.3 Å². The molecule has 0 bridgehead atoms. The smallest absolute Gasteiger partial charge is 0.164 e. The van der Waals surface area contributed by atoms with Crippen LogP contribution in [0.15, 0.2) is 18.2 Å². The third-order valence-corrected chi connectivity index (χ3v) is 3.21. The predicted octanol–water partition coefficient (Wildman–Crippen LogP) is 1.78. The standard InChI is InChI=1S/C15H21NO4/c1-18-8-5-12(16)10-13(17)11-3-4-14-15(9-11)20-7-2-6-19-14/h3-4,9,12H,2,5-8,10,16H2,1H3. The second kappa shape index (κ2) is 7.26. The number of benzene rings is 1. The quantitative estimate of drug-likeness (QED) is 0.804. The molecule has 0 amide bonds. The van der Waals surface area contributed by atoms with E-state index in [0.29, 0.717) is 49.7 Å². The maximum Gasteiger partial charge on any atom is 0.164 e. The Labute approximate surface area is 119 Å². The van der Waals surface area contributed by atoms with E-state index in [-0.39, 0.29) is 11.8 Å². The van der Waals surface area contributed by atoms with Gasteiger partial charge >= 0.3 is 0 Å². The van der Waals surface area contributed by atoms with E-state index < -0.39 is 0 Å². The fraction of sp³-hybridized carbons (Fsp3) is 0.533. The zero-order valence-corrected chi connectivity index (χ0v) is 11.8. The summed E-state index contributed by atoms with van der Waals surface area (Å²) < 4.78 is 16.1. The average Bonchev–Trinajstić information content (AvgIpc) is 2.69. The van der Waals surface area contributed by atoms with Crippen LogP contribution in [0.25, 0.3) is 0 Å². The number of nitrogens with two attached hydrogens (primary N) is 1. The largest absolute Gasteiger partial charge is 0.490 e. The Bertz CT molecular complexity index is 461. The number of carbonyl (C=O) groups is 1. The highest BCUT2D eigenvalue weighted by atomic mass is 16.5. The summed E-state index contributed by atoms with van der Waals surface area (Å²) in [6.07, 6.45) is 1.83. The van der Waals surface area contributed by atoms with E-state index in [1.807, 2.05) is 0 Å². The minimum absolute atomic E-state index is 0.0178. The molecule has 0 spiro atoms. The van der Waals surface area contributed by atoms with Crippen molar-refractivity contribution in [1.29, 1.82) is 0 Å². The first-order chi connectivity index (χ1) is 9.70. The number of rotatable bonds is 6. The van der Waals surface area contributed by atoms with Crippen LogP contribution in [0.3, 0.4) is 0 Å². The van der Waals surface area contributed by atoms with E-state index in [9.17, 15) is 4.79 Å². The summed E-state index contributed by atoms with van der Waals surface area (Å²) >= 11 is 0. The van der Waals surface area contributed by atoms with Gasteiger partial charge in [0, 0.05) is 38.2 Å². The molecule has 1 unspecified atom stereocenters. The van der Waals surface area contributed by atoms with Gasteiger partial charge < -0.3 is 19.9 Å². The molecule has 0 aliphatic carbocycles. The lowest BCUT2D eigenvalue weighted by molar-refractivity contribution is 0.0966. The molecule has 1 aromatic carbocycles. The Hall–Kier alpha value is -1.59. The van der Waals surface area contributed by atoms with Gasteiger partial charge in [-0.3, -0.25) is 4.79 Å². The second-order valence-corrected chi connectivity index (χ2v) is 4.88. The zero-order valence-electron chi connectivity index (χ0n) is 11.8. The number of methoxy groups -OCH3 is 1. The number of ketones is 1. The first-order valence-corrected chi connectivity index (χ1v) is 6.88. The van der Waals surface area contributed by atoms with Gasteiger partial charge in [-0.15, -0.1) is 0 Å². The molecule has 20 heavy (non-hydrogen) atoms. The summed E-state index contributed by atoms with van der Waals surface area (Å²) in [7, 11) is 1.62. The van der Waals surface area contributed by atoms with Gasteiger partial charge in [-0.1, -0.05) is 0 Å². The zero-order chi connectivity index (χ0) is 14.4. The molecule has 0 saturated heterocycles. The molecule has 0 radical (unpaired) electrons. The third kappa shape index (κ3) is 3.95. The van der Waals surface area contributed by atoms with Crippen molar-refractivity contribution in [2.24, 2.45) is 5.73 Å². The molecule has 2 rings (SSSR count). The first-order valence-electron chi connectivity index (χ1n) is 6.88. The van der Waals surface area contributed by atoms with E-state index in [4.69, 9.17) is 19.9 Å². The van der Waals surface area contributed by atoms with Crippen molar-refractivity contribution in [3.05, 3.63) is 23.8 Å². The Morgan fingerprint density at radius 3 is 2.85 bits per heavy atom. The van der Waals surface area contributed by atoms with Crippen molar-refractivity contribution in [3.63, 3.8) is 0 Å². The highest BCUT2D eigenvalue weighted by Crippen LogP contribution is 2.30. The maximum absolute atomic E-state index is 12.2. The van der Waals surface area contributed by atoms with Gasteiger partial charge in [0.2, 0.25) is 0 Å². The molecule has 110 valence electrons. The lowest BCUT2D eigenvalue weighted by atomic mass is 10.0. The number of carbonyl (C=O) groups excluding carboxylic acids is 1. The van der Waals surface area contributed by atoms with Gasteiger partial charge in [0.05, 0.1) is 13.2 Å². The fourth-order valence-corrected chi connectivity index (χ4v) is 2.06. The summed E-state index contributed by atoms with van der Waals surface area (Å²) in [6.45, 7) is 1.82. The topological polar surface area (TPSA) is 70.8 Å². The SMILES string of the molecule is COCCC(N)CC(=O)c1ccc2c(c1)OCCCO2. The molecule has 1 aromatic rings. The number of Topliss-reactive ketones (excluding diaryl/α,β-unsaturated/α-hetero) is 1. The Morgan fingerprint density at radius 2 is 2.10 bits per heavy atom. The van der Waals surface area contributed by atoms with Gasteiger partial charge in [-0.25, -0.2) is 0 Å². The maximum atomic E-state index is 12.2. The van der Waals surface area contributed by atoms with Crippen molar-refractivity contribution in [1.82, 2.24) is 0 Å². The molecular formula is C15H21NO4. The van der Waals surface area contributed by atoms with E-state index in [0.717, 1.165) is 6.42 Å². The van der Waals surface area contributed by atoms with Crippen LogP contribution >= 0.6 is 0 Å². The van der Waals surface area contributed by atoms with Crippen LogP contribution in [0.4, 0.5) is 0 Å². The van der Waals surface area contributed by atoms with Crippen molar-refractivity contribution in [3.8, 4) is 11.5 Å².